The largest absolute Gasteiger partial charge is 0.481 e. The van der Waals surface area contributed by atoms with E-state index < -0.39 is 16.8 Å². The van der Waals surface area contributed by atoms with Gasteiger partial charge in [0, 0.05) is 22.0 Å². The van der Waals surface area contributed by atoms with Gasteiger partial charge in [0.1, 0.15) is 0 Å². The molecule has 0 saturated carbocycles. The Hall–Kier alpha value is -2.55. The van der Waals surface area contributed by atoms with Crippen molar-refractivity contribution in [1.29, 1.82) is 5.26 Å². The van der Waals surface area contributed by atoms with E-state index in [4.69, 9.17) is 23.2 Å². The number of piperidine rings is 1. The van der Waals surface area contributed by atoms with Crippen LogP contribution in [0.3, 0.4) is 0 Å². The Morgan fingerprint density at radius 3 is 2.40 bits per heavy atom. The first-order chi connectivity index (χ1) is 16.4. The van der Waals surface area contributed by atoms with Crippen molar-refractivity contribution in [3.05, 3.63) is 69.7 Å². The summed E-state index contributed by atoms with van der Waals surface area (Å²) in [7, 11) is 0. The number of rotatable bonds is 8. The van der Waals surface area contributed by atoms with Crippen LogP contribution in [0.2, 0.25) is 10.0 Å². The number of nitriles is 1. The minimum atomic E-state index is -1.11. The Bertz CT molecular complexity index is 1130. The maximum absolute atomic E-state index is 14.2. The molecule has 0 spiro atoms. The molecule has 7 heteroatoms. The number of hydrogen-bond acceptors (Lipinski definition) is 3. The van der Waals surface area contributed by atoms with Crippen LogP contribution >= 0.6 is 23.2 Å². The van der Waals surface area contributed by atoms with Crippen LogP contribution in [0.1, 0.15) is 76.5 Å². The minimum Gasteiger partial charge on any atom is -0.481 e. The summed E-state index contributed by atoms with van der Waals surface area (Å²) in [6, 6.07) is 16.7. The van der Waals surface area contributed by atoms with Gasteiger partial charge in [0.15, 0.2) is 0 Å². The molecule has 35 heavy (non-hydrogen) atoms. The van der Waals surface area contributed by atoms with Crippen LogP contribution in [0.4, 0.5) is 0 Å². The van der Waals surface area contributed by atoms with E-state index in [-0.39, 0.29) is 30.3 Å². The standard InChI is InChI=1S/C28H32Cl2N2O3/c1-5-22(14-27(2,3)17-31)32-25(18-9-11-20(29)12-10-18)23(19-7-6-8-21(30)13-19)15-28(4,26(32)35)16-24(33)34/h6-13,22-23,25H,5,14-16H2,1-4H3,(H,33,34)/t22-,23+,25+,28-/m0/s1. The monoisotopic (exact) mass is 514 g/mol. The predicted octanol–water partition coefficient (Wildman–Crippen LogP) is 7.25. The Kier molecular flexibility index (Phi) is 8.19. The number of aliphatic carboxylic acids is 1. The van der Waals surface area contributed by atoms with E-state index in [0.717, 1.165) is 11.1 Å². The van der Waals surface area contributed by atoms with E-state index in [1.54, 1.807) is 25.1 Å². The number of halogens is 2. The van der Waals surface area contributed by atoms with E-state index >= 15 is 0 Å². The molecule has 0 aliphatic carbocycles. The molecule has 2 aromatic carbocycles. The Morgan fingerprint density at radius 1 is 1.20 bits per heavy atom. The molecule has 2 aromatic rings. The molecular weight excluding hydrogens is 483 g/mol. The number of nitrogens with zero attached hydrogens (tertiary/aromatic N) is 2. The molecule has 0 radical (unpaired) electrons. The van der Waals surface area contributed by atoms with Gasteiger partial charge in [-0.15, -0.1) is 0 Å². The highest BCUT2D eigenvalue weighted by atomic mass is 35.5. The SMILES string of the molecule is CC[C@@H](CC(C)(C)C#N)N1C(=O)[C@](C)(CC(=O)O)C[C@H](c2cccc(Cl)c2)[C@H]1c1ccc(Cl)cc1. The minimum absolute atomic E-state index is 0.196. The molecule has 1 amide bonds. The van der Waals surface area contributed by atoms with Crippen LogP contribution in [-0.4, -0.2) is 27.9 Å². The highest BCUT2D eigenvalue weighted by molar-refractivity contribution is 6.30. The fraction of sp³-hybridized carbons (Fsp3) is 0.464. The zero-order valence-corrected chi connectivity index (χ0v) is 22.1. The van der Waals surface area contributed by atoms with Gasteiger partial charge < -0.3 is 10.0 Å². The van der Waals surface area contributed by atoms with Crippen molar-refractivity contribution in [2.45, 2.75) is 71.4 Å². The lowest BCUT2D eigenvalue weighted by molar-refractivity contribution is -0.161. The molecule has 0 bridgehead atoms. The fourth-order valence-electron chi connectivity index (χ4n) is 5.35. The Morgan fingerprint density at radius 2 is 1.86 bits per heavy atom. The van der Waals surface area contributed by atoms with Gasteiger partial charge in [-0.2, -0.15) is 5.26 Å². The molecule has 0 aromatic heterocycles. The van der Waals surface area contributed by atoms with Crippen LogP contribution in [0.25, 0.3) is 0 Å². The molecule has 1 aliphatic heterocycles. The summed E-state index contributed by atoms with van der Waals surface area (Å²) in [4.78, 5) is 27.9. The summed E-state index contributed by atoms with van der Waals surface area (Å²) in [5.74, 6) is -1.41. The highest BCUT2D eigenvalue weighted by Gasteiger charge is 2.52. The molecule has 5 nitrogen and oxygen atoms in total. The predicted molar refractivity (Wildman–Crippen MR) is 138 cm³/mol. The number of benzene rings is 2. The smallest absolute Gasteiger partial charge is 0.304 e. The fourth-order valence-corrected chi connectivity index (χ4v) is 5.68. The zero-order chi connectivity index (χ0) is 26.0. The lowest BCUT2D eigenvalue weighted by Crippen LogP contribution is -2.56. The van der Waals surface area contributed by atoms with E-state index in [1.807, 2.05) is 56.0 Å². The van der Waals surface area contributed by atoms with Crippen LogP contribution in [-0.2, 0) is 9.59 Å². The first kappa shape index (κ1) is 27.0. The van der Waals surface area contributed by atoms with Crippen LogP contribution in [0.5, 0.6) is 0 Å². The Balaban J connectivity index is 2.25. The quantitative estimate of drug-likeness (QED) is 0.402. The number of amides is 1. The second-order valence-electron chi connectivity index (χ2n) is 10.5. The van der Waals surface area contributed by atoms with Gasteiger partial charge in [0.05, 0.1) is 29.4 Å². The topological polar surface area (TPSA) is 81.4 Å². The van der Waals surface area contributed by atoms with Gasteiger partial charge in [0.25, 0.3) is 0 Å². The molecule has 4 atom stereocenters. The molecule has 0 unspecified atom stereocenters. The summed E-state index contributed by atoms with van der Waals surface area (Å²) in [5, 5.41) is 20.6. The first-order valence-electron chi connectivity index (χ1n) is 11.9. The van der Waals surface area contributed by atoms with Crippen molar-refractivity contribution in [1.82, 2.24) is 4.90 Å². The van der Waals surface area contributed by atoms with E-state index in [1.165, 1.54) is 0 Å². The number of carboxylic acids is 1. The van der Waals surface area contributed by atoms with Crippen LogP contribution < -0.4 is 0 Å². The number of carbonyl (C=O) groups excluding carboxylic acids is 1. The van der Waals surface area contributed by atoms with Crippen molar-refractivity contribution in [3.63, 3.8) is 0 Å². The van der Waals surface area contributed by atoms with Gasteiger partial charge in [-0.1, -0.05) is 61.3 Å². The first-order valence-corrected chi connectivity index (χ1v) is 12.6. The lowest BCUT2D eigenvalue weighted by atomic mass is 9.66. The van der Waals surface area contributed by atoms with E-state index in [9.17, 15) is 20.0 Å². The van der Waals surface area contributed by atoms with Crippen LogP contribution in [0, 0.1) is 22.2 Å². The molecule has 3 rings (SSSR count). The molecule has 1 fully saturated rings. The summed E-state index contributed by atoms with van der Waals surface area (Å²) in [6.45, 7) is 7.48. The maximum Gasteiger partial charge on any atom is 0.304 e. The average Bonchev–Trinajstić information content (AvgIpc) is 2.79. The van der Waals surface area contributed by atoms with Crippen LogP contribution in [0.15, 0.2) is 48.5 Å². The molecule has 1 N–H and O–H groups in total. The molecular formula is C28H32Cl2N2O3. The summed E-state index contributed by atoms with van der Waals surface area (Å²) < 4.78 is 0. The zero-order valence-electron chi connectivity index (χ0n) is 20.6. The molecule has 1 saturated heterocycles. The number of hydrogen-bond donors (Lipinski definition) is 1. The highest BCUT2D eigenvalue weighted by Crippen LogP contribution is 2.53. The number of carboxylic acid groups (broad SMARTS) is 1. The van der Waals surface area contributed by atoms with E-state index in [2.05, 4.69) is 6.07 Å². The third kappa shape index (κ3) is 6.00. The molecule has 1 aliphatic rings. The number of carbonyl (C=O) groups is 2. The maximum atomic E-state index is 14.2. The third-order valence-corrected chi connectivity index (χ3v) is 7.53. The molecule has 1 heterocycles. The third-order valence-electron chi connectivity index (χ3n) is 7.05. The summed E-state index contributed by atoms with van der Waals surface area (Å²) in [5.41, 5.74) is 0.100. The number of likely N-dealkylation sites (tertiary alicyclic amines) is 1. The van der Waals surface area contributed by atoms with E-state index in [0.29, 0.717) is 29.3 Å². The van der Waals surface area contributed by atoms with Crippen molar-refractivity contribution in [2.24, 2.45) is 10.8 Å². The second kappa shape index (κ2) is 10.6. The van der Waals surface area contributed by atoms with Crippen molar-refractivity contribution in [3.8, 4) is 6.07 Å². The van der Waals surface area contributed by atoms with Gasteiger partial charge in [-0.05, 0) is 68.5 Å². The summed E-state index contributed by atoms with van der Waals surface area (Å²) in [6.07, 6.45) is 1.19. The normalized spacial score (nSPS) is 23.6. The van der Waals surface area contributed by atoms with Gasteiger partial charge >= 0.3 is 5.97 Å². The van der Waals surface area contributed by atoms with Gasteiger partial charge in [-0.25, -0.2) is 0 Å². The average molecular weight is 515 g/mol. The van der Waals surface area contributed by atoms with Crippen molar-refractivity contribution in [2.75, 3.05) is 0 Å². The second-order valence-corrected chi connectivity index (χ2v) is 11.3. The lowest BCUT2D eigenvalue weighted by Gasteiger charge is -2.52. The van der Waals surface area contributed by atoms with Gasteiger partial charge in [0.2, 0.25) is 5.91 Å². The van der Waals surface area contributed by atoms with Crippen molar-refractivity contribution >= 4 is 35.1 Å². The van der Waals surface area contributed by atoms with Gasteiger partial charge in [-0.3, -0.25) is 9.59 Å². The van der Waals surface area contributed by atoms with Crippen molar-refractivity contribution < 1.29 is 14.7 Å². The Labute approximate surface area is 217 Å². The molecule has 186 valence electrons. The summed E-state index contributed by atoms with van der Waals surface area (Å²) >= 11 is 12.6.